The van der Waals surface area contributed by atoms with Crippen LogP contribution in [0.3, 0.4) is 0 Å². The zero-order valence-electron chi connectivity index (χ0n) is 18.2. The number of benzene rings is 1. The van der Waals surface area contributed by atoms with Crippen molar-refractivity contribution in [3.63, 3.8) is 0 Å². The molecule has 11 heteroatoms. The fraction of sp³-hybridized carbons (Fsp3) is 0.318. The molecule has 1 saturated heterocycles. The van der Waals surface area contributed by atoms with Gasteiger partial charge in [0.2, 0.25) is 11.8 Å². The molecule has 1 N–H and O–H groups in total. The van der Waals surface area contributed by atoms with Crippen molar-refractivity contribution >= 4 is 45.8 Å². The zero-order chi connectivity index (χ0) is 23.7. The summed E-state index contributed by atoms with van der Waals surface area (Å²) in [6.07, 6.45) is 1.55. The Morgan fingerprint density at radius 3 is 2.36 bits per heavy atom. The topological polar surface area (TPSA) is 110 Å². The van der Waals surface area contributed by atoms with Gasteiger partial charge in [0.1, 0.15) is 11.9 Å². The summed E-state index contributed by atoms with van der Waals surface area (Å²) < 4.78 is 2.17. The summed E-state index contributed by atoms with van der Waals surface area (Å²) in [5, 5.41) is 3.45. The van der Waals surface area contributed by atoms with E-state index < -0.39 is 23.7 Å². The van der Waals surface area contributed by atoms with Crippen LogP contribution in [0.25, 0.3) is 11.0 Å². The van der Waals surface area contributed by atoms with E-state index in [1.165, 1.54) is 18.5 Å². The molecule has 10 nitrogen and oxygen atoms in total. The molecule has 33 heavy (non-hydrogen) atoms. The molecular formula is C22H23ClN6O4. The average Bonchev–Trinajstić information content (AvgIpc) is 2.81. The normalized spacial score (nSPS) is 13.9. The first-order valence-corrected chi connectivity index (χ1v) is 10.8. The molecule has 0 aliphatic carbocycles. The van der Waals surface area contributed by atoms with Crippen LogP contribution < -0.4 is 21.5 Å². The first kappa shape index (κ1) is 22.5. The largest absolute Gasteiger partial charge is 0.367 e. The summed E-state index contributed by atoms with van der Waals surface area (Å²) in [6.45, 7) is 3.22. The molecule has 172 valence electrons. The number of halogens is 1. The molecule has 2 amide bonds. The molecule has 0 radical (unpaired) electrons. The van der Waals surface area contributed by atoms with Crippen molar-refractivity contribution in [1.82, 2.24) is 19.0 Å². The van der Waals surface area contributed by atoms with Crippen LogP contribution in [0.5, 0.6) is 0 Å². The Balaban J connectivity index is 1.69. The van der Waals surface area contributed by atoms with Crippen LogP contribution in [0.4, 0.5) is 11.4 Å². The van der Waals surface area contributed by atoms with Crippen molar-refractivity contribution in [2.24, 2.45) is 7.05 Å². The Labute approximate surface area is 194 Å². The van der Waals surface area contributed by atoms with E-state index >= 15 is 0 Å². The molecule has 0 saturated carbocycles. The molecule has 1 aromatic carbocycles. The van der Waals surface area contributed by atoms with Crippen LogP contribution >= 0.6 is 11.6 Å². The van der Waals surface area contributed by atoms with Gasteiger partial charge in [0.05, 0.1) is 5.69 Å². The first-order chi connectivity index (χ1) is 15.8. The van der Waals surface area contributed by atoms with Crippen LogP contribution in [0.2, 0.25) is 5.02 Å². The van der Waals surface area contributed by atoms with Crippen molar-refractivity contribution in [2.45, 2.75) is 13.5 Å². The third-order valence-electron chi connectivity index (χ3n) is 5.70. The maximum absolute atomic E-state index is 13.4. The average molecular weight is 471 g/mol. The van der Waals surface area contributed by atoms with E-state index in [-0.39, 0.29) is 16.9 Å². The molecule has 3 heterocycles. The molecule has 1 aliphatic rings. The molecule has 0 bridgehead atoms. The highest BCUT2D eigenvalue weighted by atomic mass is 35.5. The number of piperazine rings is 1. The summed E-state index contributed by atoms with van der Waals surface area (Å²) in [5.41, 5.74) is 0.142. The number of nitrogens with one attached hydrogen (secondary N) is 1. The number of anilines is 2. The van der Waals surface area contributed by atoms with E-state index in [0.717, 1.165) is 4.57 Å². The quantitative estimate of drug-likeness (QED) is 0.610. The summed E-state index contributed by atoms with van der Waals surface area (Å²) in [6, 6.07) is 8.23. The predicted octanol–water partition coefficient (Wildman–Crippen LogP) is 1.06. The van der Waals surface area contributed by atoms with Crippen LogP contribution in [-0.4, -0.2) is 57.0 Å². The summed E-state index contributed by atoms with van der Waals surface area (Å²) in [5.74, 6) is -0.512. The van der Waals surface area contributed by atoms with Crippen LogP contribution in [0.1, 0.15) is 6.92 Å². The van der Waals surface area contributed by atoms with E-state index in [0.29, 0.717) is 42.6 Å². The fourth-order valence-electron chi connectivity index (χ4n) is 3.94. The molecule has 0 spiro atoms. The number of aromatic nitrogens is 3. The number of carbonyl (C=O) groups excluding carboxylic acids is 2. The minimum atomic E-state index is -0.634. The third kappa shape index (κ3) is 4.47. The SMILES string of the molecule is CC(=O)N1CCN(c2ccnc3c2c(=O)n(CC(=O)Nc2ccc(Cl)cc2)c(=O)n3C)CC1. The zero-order valence-corrected chi connectivity index (χ0v) is 19.0. The fourth-order valence-corrected chi connectivity index (χ4v) is 4.06. The van der Waals surface area contributed by atoms with Crippen molar-refractivity contribution in [2.75, 3.05) is 36.4 Å². The van der Waals surface area contributed by atoms with Gasteiger partial charge in [-0.15, -0.1) is 0 Å². The number of nitrogens with zero attached hydrogens (tertiary/aromatic N) is 5. The summed E-state index contributed by atoms with van der Waals surface area (Å²) in [4.78, 5) is 58.5. The van der Waals surface area contributed by atoms with Crippen LogP contribution in [0, 0.1) is 0 Å². The van der Waals surface area contributed by atoms with E-state index in [1.807, 2.05) is 4.90 Å². The van der Waals surface area contributed by atoms with Gasteiger partial charge in [-0.25, -0.2) is 9.78 Å². The van der Waals surface area contributed by atoms with Gasteiger partial charge < -0.3 is 15.1 Å². The molecule has 1 aliphatic heterocycles. The number of rotatable bonds is 4. The maximum Gasteiger partial charge on any atom is 0.332 e. The van der Waals surface area contributed by atoms with Crippen molar-refractivity contribution < 1.29 is 9.59 Å². The number of aryl methyl sites for hydroxylation is 1. The second kappa shape index (κ2) is 9.07. The van der Waals surface area contributed by atoms with Gasteiger partial charge in [-0.1, -0.05) is 11.6 Å². The Kier molecular flexibility index (Phi) is 6.19. The second-order valence-electron chi connectivity index (χ2n) is 7.81. The molecule has 4 rings (SSSR count). The summed E-state index contributed by atoms with van der Waals surface area (Å²) >= 11 is 5.86. The Hall–Kier alpha value is -3.66. The van der Waals surface area contributed by atoms with E-state index in [4.69, 9.17) is 11.6 Å². The molecule has 1 fully saturated rings. The van der Waals surface area contributed by atoms with Crippen LogP contribution in [-0.2, 0) is 23.2 Å². The lowest BCUT2D eigenvalue weighted by atomic mass is 10.2. The number of amides is 2. The number of hydrogen-bond acceptors (Lipinski definition) is 6. The van der Waals surface area contributed by atoms with Crippen LogP contribution in [0.15, 0.2) is 46.1 Å². The monoisotopic (exact) mass is 470 g/mol. The standard InChI is InChI=1S/C22H23ClN6O4/c1-14(30)27-9-11-28(12-10-27)17-7-8-24-20-19(17)21(32)29(22(33)26(20)2)13-18(31)25-16-5-3-15(23)4-6-16/h3-8H,9-13H2,1-2H3,(H,25,31). The van der Waals surface area contributed by atoms with E-state index in [9.17, 15) is 19.2 Å². The van der Waals surface area contributed by atoms with Gasteiger partial charge in [0, 0.05) is 57.1 Å². The maximum atomic E-state index is 13.4. The van der Waals surface area contributed by atoms with Gasteiger partial charge in [-0.05, 0) is 30.3 Å². The molecule has 2 aromatic heterocycles. The lowest BCUT2D eigenvalue weighted by Crippen LogP contribution is -2.49. The highest BCUT2D eigenvalue weighted by molar-refractivity contribution is 6.30. The smallest absolute Gasteiger partial charge is 0.332 e. The molecular weight excluding hydrogens is 448 g/mol. The number of carbonyl (C=O) groups is 2. The van der Waals surface area contributed by atoms with Gasteiger partial charge in [-0.2, -0.15) is 0 Å². The van der Waals surface area contributed by atoms with E-state index in [2.05, 4.69) is 10.3 Å². The molecule has 0 unspecified atom stereocenters. The number of pyridine rings is 1. The minimum absolute atomic E-state index is 0.00527. The summed E-state index contributed by atoms with van der Waals surface area (Å²) in [7, 11) is 1.52. The van der Waals surface area contributed by atoms with Gasteiger partial charge in [0.25, 0.3) is 5.56 Å². The minimum Gasteiger partial charge on any atom is -0.367 e. The highest BCUT2D eigenvalue weighted by Gasteiger charge is 2.24. The third-order valence-corrected chi connectivity index (χ3v) is 5.95. The van der Waals surface area contributed by atoms with Crippen molar-refractivity contribution in [3.8, 4) is 0 Å². The van der Waals surface area contributed by atoms with Gasteiger partial charge in [-0.3, -0.25) is 23.5 Å². The molecule has 3 aromatic rings. The number of fused-ring (bicyclic) bond motifs is 1. The second-order valence-corrected chi connectivity index (χ2v) is 8.25. The lowest BCUT2D eigenvalue weighted by Gasteiger charge is -2.36. The van der Waals surface area contributed by atoms with Gasteiger partial charge in [0.15, 0.2) is 5.65 Å². The number of hydrogen-bond donors (Lipinski definition) is 1. The molecule has 0 atom stereocenters. The Morgan fingerprint density at radius 1 is 1.06 bits per heavy atom. The van der Waals surface area contributed by atoms with Crippen molar-refractivity contribution in [1.29, 1.82) is 0 Å². The van der Waals surface area contributed by atoms with E-state index in [1.54, 1.807) is 41.4 Å². The predicted molar refractivity (Wildman–Crippen MR) is 126 cm³/mol. The van der Waals surface area contributed by atoms with Crippen molar-refractivity contribution in [3.05, 3.63) is 62.4 Å². The lowest BCUT2D eigenvalue weighted by molar-refractivity contribution is -0.129. The highest BCUT2D eigenvalue weighted by Crippen LogP contribution is 2.23. The first-order valence-electron chi connectivity index (χ1n) is 10.4. The Bertz CT molecular complexity index is 1340. The van der Waals surface area contributed by atoms with Gasteiger partial charge >= 0.3 is 5.69 Å². The Morgan fingerprint density at radius 2 is 1.73 bits per heavy atom.